The van der Waals surface area contributed by atoms with Gasteiger partial charge in [-0.15, -0.1) is 5.10 Å². The van der Waals surface area contributed by atoms with E-state index in [-0.39, 0.29) is 12.1 Å². The standard InChI is InChI=1S/C9H10BrN5O3/c1-14-7-5(3-11-14)8(16)15(13-12-7)4-6(10)9(17)18-2/h3,6H,4H2,1-2H3. The number of carbonyl (C=O) groups is 1. The van der Waals surface area contributed by atoms with Gasteiger partial charge in [-0.05, 0) is 0 Å². The predicted octanol–water partition coefficient (Wildman–Crippen LogP) is -0.539. The molecule has 0 bridgehead atoms. The molecule has 8 nitrogen and oxygen atoms in total. The molecule has 18 heavy (non-hydrogen) atoms. The van der Waals surface area contributed by atoms with Crippen LogP contribution in [-0.2, 0) is 23.1 Å². The van der Waals surface area contributed by atoms with Crippen molar-refractivity contribution < 1.29 is 9.53 Å². The number of nitrogens with zero attached hydrogens (tertiary/aromatic N) is 5. The van der Waals surface area contributed by atoms with Gasteiger partial charge in [0.05, 0.1) is 19.9 Å². The van der Waals surface area contributed by atoms with Crippen LogP contribution in [0.1, 0.15) is 0 Å². The SMILES string of the molecule is COC(=O)C(Br)Cn1nnc2c(cnn2C)c1=O. The van der Waals surface area contributed by atoms with Gasteiger partial charge in [0, 0.05) is 7.05 Å². The topological polar surface area (TPSA) is 91.9 Å². The fraction of sp³-hybridized carbons (Fsp3) is 0.444. The Hall–Kier alpha value is -1.77. The van der Waals surface area contributed by atoms with Crippen LogP contribution in [0.2, 0.25) is 0 Å². The molecule has 0 aliphatic heterocycles. The van der Waals surface area contributed by atoms with Crippen LogP contribution in [0.5, 0.6) is 0 Å². The second-order valence-electron chi connectivity index (χ2n) is 3.57. The van der Waals surface area contributed by atoms with Crippen molar-refractivity contribution in [1.29, 1.82) is 0 Å². The molecule has 0 spiro atoms. The molecule has 2 heterocycles. The van der Waals surface area contributed by atoms with Crippen LogP contribution in [0.4, 0.5) is 0 Å². The second kappa shape index (κ2) is 4.84. The molecule has 0 saturated carbocycles. The number of fused-ring (bicyclic) bond motifs is 1. The van der Waals surface area contributed by atoms with E-state index in [9.17, 15) is 9.59 Å². The number of aromatic nitrogens is 5. The Balaban J connectivity index is 2.38. The minimum Gasteiger partial charge on any atom is -0.468 e. The number of rotatable bonds is 3. The minimum absolute atomic E-state index is 0.0450. The molecule has 0 aliphatic rings. The number of aryl methyl sites for hydroxylation is 1. The molecule has 0 aromatic carbocycles. The van der Waals surface area contributed by atoms with Crippen LogP contribution >= 0.6 is 15.9 Å². The van der Waals surface area contributed by atoms with Crippen molar-refractivity contribution in [2.45, 2.75) is 11.4 Å². The summed E-state index contributed by atoms with van der Waals surface area (Å²) < 4.78 is 7.11. The van der Waals surface area contributed by atoms with E-state index in [1.54, 1.807) is 7.05 Å². The third-order valence-corrected chi connectivity index (χ3v) is 3.07. The zero-order valence-electron chi connectivity index (χ0n) is 9.70. The molecule has 0 fully saturated rings. The maximum absolute atomic E-state index is 12.0. The lowest BCUT2D eigenvalue weighted by molar-refractivity contribution is -0.140. The quantitative estimate of drug-likeness (QED) is 0.558. The normalized spacial score (nSPS) is 12.6. The molecule has 0 radical (unpaired) electrons. The van der Waals surface area contributed by atoms with E-state index in [4.69, 9.17) is 0 Å². The summed E-state index contributed by atoms with van der Waals surface area (Å²) in [5.74, 6) is -0.477. The summed E-state index contributed by atoms with van der Waals surface area (Å²) in [5.41, 5.74) is 0.0573. The highest BCUT2D eigenvalue weighted by Crippen LogP contribution is 2.06. The van der Waals surface area contributed by atoms with Crippen LogP contribution < -0.4 is 5.56 Å². The number of alkyl halides is 1. The van der Waals surface area contributed by atoms with E-state index in [0.29, 0.717) is 11.0 Å². The average molecular weight is 316 g/mol. The van der Waals surface area contributed by atoms with Gasteiger partial charge >= 0.3 is 5.97 Å². The molecule has 9 heteroatoms. The fourth-order valence-electron chi connectivity index (χ4n) is 1.45. The highest BCUT2D eigenvalue weighted by molar-refractivity contribution is 9.10. The molecule has 96 valence electrons. The van der Waals surface area contributed by atoms with Gasteiger partial charge in [0.15, 0.2) is 5.65 Å². The van der Waals surface area contributed by atoms with E-state index >= 15 is 0 Å². The third kappa shape index (κ3) is 2.13. The number of halogens is 1. The number of ether oxygens (including phenoxy) is 1. The summed E-state index contributed by atoms with van der Waals surface area (Å²) in [4.78, 5) is 22.6. The predicted molar refractivity (Wildman–Crippen MR) is 65.3 cm³/mol. The Bertz CT molecular complexity index is 649. The lowest BCUT2D eigenvalue weighted by atomic mass is 10.4. The maximum atomic E-state index is 12.0. The molecule has 1 atom stereocenters. The average Bonchev–Trinajstić information content (AvgIpc) is 2.74. The van der Waals surface area contributed by atoms with Crippen molar-refractivity contribution in [3.8, 4) is 0 Å². The fourth-order valence-corrected chi connectivity index (χ4v) is 1.91. The molecule has 0 amide bonds. The van der Waals surface area contributed by atoms with E-state index in [2.05, 4.69) is 36.1 Å². The molecule has 0 saturated heterocycles. The van der Waals surface area contributed by atoms with Gasteiger partial charge in [-0.25, -0.2) is 9.36 Å². The largest absolute Gasteiger partial charge is 0.468 e. The van der Waals surface area contributed by atoms with Crippen molar-refractivity contribution in [3.63, 3.8) is 0 Å². The summed E-state index contributed by atoms with van der Waals surface area (Å²) in [7, 11) is 2.94. The molecule has 2 aromatic rings. The number of hydrogen-bond acceptors (Lipinski definition) is 6. The van der Waals surface area contributed by atoms with E-state index in [1.165, 1.54) is 18.0 Å². The zero-order chi connectivity index (χ0) is 13.3. The van der Waals surface area contributed by atoms with Crippen LogP contribution in [-0.4, -0.2) is 42.7 Å². The van der Waals surface area contributed by atoms with Crippen LogP contribution in [0, 0.1) is 0 Å². The maximum Gasteiger partial charge on any atom is 0.321 e. The highest BCUT2D eigenvalue weighted by atomic mass is 79.9. The number of methoxy groups -OCH3 is 1. The second-order valence-corrected chi connectivity index (χ2v) is 4.68. The Morgan fingerprint density at radius 3 is 3.00 bits per heavy atom. The monoisotopic (exact) mass is 315 g/mol. The van der Waals surface area contributed by atoms with Gasteiger partial charge in [-0.2, -0.15) is 5.10 Å². The molecule has 0 N–H and O–H groups in total. The van der Waals surface area contributed by atoms with Crippen molar-refractivity contribution in [3.05, 3.63) is 16.6 Å². The van der Waals surface area contributed by atoms with Crippen molar-refractivity contribution in [2.24, 2.45) is 7.05 Å². The summed E-state index contributed by atoms with van der Waals surface area (Å²) in [6, 6.07) is 0. The van der Waals surface area contributed by atoms with Gasteiger partial charge in [0.25, 0.3) is 5.56 Å². The Morgan fingerprint density at radius 1 is 1.61 bits per heavy atom. The van der Waals surface area contributed by atoms with Crippen LogP contribution in [0.3, 0.4) is 0 Å². The molecule has 1 unspecified atom stereocenters. The molecular weight excluding hydrogens is 306 g/mol. The number of esters is 1. The molecule has 2 rings (SSSR count). The highest BCUT2D eigenvalue weighted by Gasteiger charge is 2.18. The first-order valence-corrected chi connectivity index (χ1v) is 5.93. The Kier molecular flexibility index (Phi) is 3.41. The van der Waals surface area contributed by atoms with E-state index in [0.717, 1.165) is 4.68 Å². The van der Waals surface area contributed by atoms with Crippen molar-refractivity contribution in [2.75, 3.05) is 7.11 Å². The van der Waals surface area contributed by atoms with Crippen molar-refractivity contribution >= 4 is 32.9 Å². The van der Waals surface area contributed by atoms with Crippen LogP contribution in [0.15, 0.2) is 11.0 Å². The summed E-state index contributed by atoms with van der Waals surface area (Å²) >= 11 is 3.12. The summed E-state index contributed by atoms with van der Waals surface area (Å²) in [6.07, 6.45) is 1.42. The lowest BCUT2D eigenvalue weighted by Crippen LogP contribution is -2.31. The number of carbonyl (C=O) groups excluding carboxylic acids is 1. The first kappa shape index (κ1) is 12.7. The van der Waals surface area contributed by atoms with Crippen molar-refractivity contribution in [1.82, 2.24) is 24.8 Å². The number of hydrogen-bond donors (Lipinski definition) is 0. The van der Waals surface area contributed by atoms with Crippen LogP contribution in [0.25, 0.3) is 11.0 Å². The third-order valence-electron chi connectivity index (χ3n) is 2.41. The first-order valence-electron chi connectivity index (χ1n) is 5.02. The summed E-state index contributed by atoms with van der Waals surface area (Å²) in [6.45, 7) is 0.0450. The lowest BCUT2D eigenvalue weighted by Gasteiger charge is -2.07. The minimum atomic E-state index is -0.649. The Labute approximate surface area is 110 Å². The van der Waals surface area contributed by atoms with Gasteiger partial charge in [0.1, 0.15) is 10.2 Å². The van der Waals surface area contributed by atoms with E-state index in [1.807, 2.05) is 0 Å². The molecule has 0 aliphatic carbocycles. The molecular formula is C9H10BrN5O3. The zero-order valence-corrected chi connectivity index (χ0v) is 11.3. The Morgan fingerprint density at radius 2 is 2.33 bits per heavy atom. The molecule has 2 aromatic heterocycles. The van der Waals surface area contributed by atoms with Gasteiger partial charge in [0.2, 0.25) is 0 Å². The summed E-state index contributed by atoms with van der Waals surface area (Å²) in [5, 5.41) is 11.9. The first-order chi connectivity index (χ1) is 8.54. The van der Waals surface area contributed by atoms with Gasteiger partial charge in [-0.3, -0.25) is 9.59 Å². The van der Waals surface area contributed by atoms with Gasteiger partial charge < -0.3 is 4.74 Å². The smallest absolute Gasteiger partial charge is 0.321 e. The van der Waals surface area contributed by atoms with Gasteiger partial charge in [-0.1, -0.05) is 21.1 Å². The van der Waals surface area contributed by atoms with E-state index < -0.39 is 10.8 Å².